The summed E-state index contributed by atoms with van der Waals surface area (Å²) in [7, 11) is 0. The fraction of sp³-hybridized carbons (Fsp3) is 0.455. The van der Waals surface area contributed by atoms with Crippen molar-refractivity contribution in [2.45, 2.75) is 65.5 Å². The molecule has 3 rings (SSSR count). The highest BCUT2D eigenvalue weighted by molar-refractivity contribution is 6.43. The predicted octanol–water partition coefficient (Wildman–Crippen LogP) is 3.21. The van der Waals surface area contributed by atoms with Crippen LogP contribution in [0.2, 0.25) is 0 Å². The molecule has 30 heavy (non-hydrogen) atoms. The number of benzene rings is 1. The molecule has 1 aliphatic rings. The van der Waals surface area contributed by atoms with E-state index in [0.29, 0.717) is 11.5 Å². The molecule has 0 radical (unpaired) electrons. The summed E-state index contributed by atoms with van der Waals surface area (Å²) in [6, 6.07) is 10.3. The molecule has 1 aliphatic heterocycles. The fourth-order valence-corrected chi connectivity index (χ4v) is 3.03. The topological polar surface area (TPSA) is 91.6 Å². The van der Waals surface area contributed by atoms with Crippen molar-refractivity contribution in [2.75, 3.05) is 10.3 Å². The molecule has 1 aromatic carbocycles. The Balaban J connectivity index is 1.90. The highest BCUT2D eigenvalue weighted by atomic mass is 16.2. The number of amidine groups is 1. The molecule has 0 saturated heterocycles. The minimum absolute atomic E-state index is 0.0740. The van der Waals surface area contributed by atoms with Crippen LogP contribution >= 0.6 is 0 Å². The molecule has 2 heterocycles. The van der Waals surface area contributed by atoms with Gasteiger partial charge in [-0.25, -0.2) is 14.7 Å². The number of nitrogens with zero attached hydrogens (tertiary/aromatic N) is 4. The van der Waals surface area contributed by atoms with Gasteiger partial charge in [-0.2, -0.15) is 5.10 Å². The van der Waals surface area contributed by atoms with E-state index >= 15 is 0 Å². The second-order valence-electron chi connectivity index (χ2n) is 9.48. The van der Waals surface area contributed by atoms with Crippen LogP contribution in [0.1, 0.15) is 54.2 Å². The van der Waals surface area contributed by atoms with Crippen LogP contribution in [0.3, 0.4) is 0 Å². The second-order valence-corrected chi connectivity index (χ2v) is 9.48. The first-order valence-electron chi connectivity index (χ1n) is 10.0. The first-order chi connectivity index (χ1) is 13.9. The van der Waals surface area contributed by atoms with Crippen molar-refractivity contribution in [2.24, 2.45) is 4.99 Å². The third kappa shape index (κ3) is 4.37. The SMILES string of the molecule is CC1N=C(C(=O)Nc2cc(C(C)(C)C)nn2C(C)(C)C)NN(c2ccccc2)C1=O. The van der Waals surface area contributed by atoms with Crippen molar-refractivity contribution in [3.8, 4) is 0 Å². The van der Waals surface area contributed by atoms with Crippen LogP contribution in [0.5, 0.6) is 0 Å². The molecule has 2 amide bonds. The molecule has 0 bridgehead atoms. The van der Waals surface area contributed by atoms with Gasteiger partial charge in [-0.1, -0.05) is 39.0 Å². The van der Waals surface area contributed by atoms with Crippen LogP contribution < -0.4 is 15.8 Å². The first kappa shape index (κ1) is 21.5. The fourth-order valence-electron chi connectivity index (χ4n) is 3.03. The van der Waals surface area contributed by atoms with Gasteiger partial charge in [-0.05, 0) is 39.8 Å². The molecule has 2 aromatic rings. The van der Waals surface area contributed by atoms with Gasteiger partial charge in [-0.15, -0.1) is 0 Å². The van der Waals surface area contributed by atoms with Crippen LogP contribution in [-0.4, -0.2) is 33.5 Å². The van der Waals surface area contributed by atoms with Crippen LogP contribution in [0.4, 0.5) is 11.5 Å². The Morgan fingerprint density at radius 2 is 1.73 bits per heavy atom. The third-order valence-corrected chi connectivity index (χ3v) is 4.70. The molecule has 1 atom stereocenters. The lowest BCUT2D eigenvalue weighted by atomic mass is 9.92. The maximum atomic E-state index is 13.1. The average Bonchev–Trinajstić information content (AvgIpc) is 3.09. The van der Waals surface area contributed by atoms with Crippen molar-refractivity contribution in [3.63, 3.8) is 0 Å². The normalized spacial score (nSPS) is 17.4. The van der Waals surface area contributed by atoms with Crippen LogP contribution in [0.25, 0.3) is 0 Å². The molecular weight excluding hydrogens is 380 g/mol. The molecule has 0 saturated carbocycles. The standard InChI is InChI=1S/C22H30N6O2/c1-14-20(30)27(15-11-9-8-10-12-15)26-18(23-14)19(29)24-17-13-16(21(2,3)4)25-28(17)22(5,6)7/h8-14H,1-7H3,(H,23,26)(H,24,29). The van der Waals surface area contributed by atoms with Gasteiger partial charge in [0.05, 0.1) is 16.9 Å². The third-order valence-electron chi connectivity index (χ3n) is 4.70. The second kappa shape index (κ2) is 7.59. The van der Waals surface area contributed by atoms with Crippen molar-refractivity contribution in [3.05, 3.63) is 42.1 Å². The Labute approximate surface area is 177 Å². The number of hydrogen-bond donors (Lipinski definition) is 2. The summed E-state index contributed by atoms with van der Waals surface area (Å²) in [5.41, 5.74) is 3.88. The van der Waals surface area contributed by atoms with Crippen molar-refractivity contribution in [1.82, 2.24) is 15.2 Å². The Bertz CT molecular complexity index is 979. The summed E-state index contributed by atoms with van der Waals surface area (Å²) in [4.78, 5) is 29.9. The largest absolute Gasteiger partial charge is 0.304 e. The van der Waals surface area contributed by atoms with E-state index in [9.17, 15) is 9.59 Å². The summed E-state index contributed by atoms with van der Waals surface area (Å²) in [6.07, 6.45) is 0. The molecule has 8 nitrogen and oxygen atoms in total. The van der Waals surface area contributed by atoms with Gasteiger partial charge in [0.1, 0.15) is 11.9 Å². The van der Waals surface area contributed by atoms with E-state index < -0.39 is 11.9 Å². The van der Waals surface area contributed by atoms with E-state index in [1.807, 2.05) is 45.0 Å². The van der Waals surface area contributed by atoms with Crippen molar-refractivity contribution in [1.29, 1.82) is 0 Å². The summed E-state index contributed by atoms with van der Waals surface area (Å²) >= 11 is 0. The van der Waals surface area contributed by atoms with Crippen LogP contribution in [0.15, 0.2) is 41.4 Å². The summed E-state index contributed by atoms with van der Waals surface area (Å²) in [5, 5.41) is 8.99. The molecule has 0 spiro atoms. The minimum Gasteiger partial charge on any atom is -0.304 e. The Morgan fingerprint density at radius 1 is 1.10 bits per heavy atom. The van der Waals surface area contributed by atoms with E-state index in [-0.39, 0.29) is 22.7 Å². The summed E-state index contributed by atoms with van der Waals surface area (Å²) < 4.78 is 1.80. The Morgan fingerprint density at radius 3 is 2.30 bits per heavy atom. The lowest BCUT2D eigenvalue weighted by Gasteiger charge is -2.30. The number of rotatable bonds is 3. The predicted molar refractivity (Wildman–Crippen MR) is 119 cm³/mol. The smallest absolute Gasteiger partial charge is 0.293 e. The maximum Gasteiger partial charge on any atom is 0.293 e. The quantitative estimate of drug-likeness (QED) is 0.813. The van der Waals surface area contributed by atoms with Crippen LogP contribution in [0, 0.1) is 0 Å². The summed E-state index contributed by atoms with van der Waals surface area (Å²) in [6.45, 7) is 14.0. The monoisotopic (exact) mass is 410 g/mol. The van der Waals surface area contributed by atoms with E-state index in [1.54, 1.807) is 23.7 Å². The van der Waals surface area contributed by atoms with Gasteiger partial charge in [0.15, 0.2) is 0 Å². The zero-order chi connectivity index (χ0) is 22.3. The highest BCUT2D eigenvalue weighted by Crippen LogP contribution is 2.28. The van der Waals surface area contributed by atoms with Gasteiger partial charge >= 0.3 is 0 Å². The van der Waals surface area contributed by atoms with Gasteiger partial charge in [0.25, 0.3) is 11.8 Å². The number of aromatic nitrogens is 2. The van der Waals surface area contributed by atoms with Gasteiger partial charge in [-0.3, -0.25) is 15.0 Å². The molecule has 2 N–H and O–H groups in total. The zero-order valence-electron chi connectivity index (χ0n) is 18.6. The number of para-hydroxylation sites is 1. The Kier molecular flexibility index (Phi) is 5.45. The van der Waals surface area contributed by atoms with E-state index in [1.165, 1.54) is 5.01 Å². The molecule has 1 aromatic heterocycles. The maximum absolute atomic E-state index is 13.1. The number of anilines is 2. The molecule has 0 aliphatic carbocycles. The lowest BCUT2D eigenvalue weighted by molar-refractivity contribution is -0.120. The zero-order valence-corrected chi connectivity index (χ0v) is 18.6. The summed E-state index contributed by atoms with van der Waals surface area (Å²) in [5.74, 6) is -0.00342. The minimum atomic E-state index is -0.676. The average molecular weight is 411 g/mol. The molecule has 0 fully saturated rings. The van der Waals surface area contributed by atoms with Crippen molar-refractivity contribution < 1.29 is 9.59 Å². The number of amides is 2. The number of hydrogen-bond acceptors (Lipinski definition) is 5. The molecular formula is C22H30N6O2. The van der Waals surface area contributed by atoms with Crippen LogP contribution in [-0.2, 0) is 20.5 Å². The number of nitrogens with one attached hydrogen (secondary N) is 2. The van der Waals surface area contributed by atoms with Gasteiger partial charge in [0.2, 0.25) is 5.84 Å². The Hall–Kier alpha value is -3.16. The highest BCUT2D eigenvalue weighted by Gasteiger charge is 2.32. The van der Waals surface area contributed by atoms with Gasteiger partial charge < -0.3 is 5.32 Å². The molecule has 8 heteroatoms. The van der Waals surface area contributed by atoms with E-state index in [2.05, 4.69) is 36.5 Å². The molecule has 1 unspecified atom stereocenters. The lowest BCUT2D eigenvalue weighted by Crippen LogP contribution is -2.57. The number of carbonyl (C=O) groups is 2. The number of carbonyl (C=O) groups excluding carboxylic acids is 2. The number of hydrazine groups is 1. The van der Waals surface area contributed by atoms with E-state index in [4.69, 9.17) is 5.10 Å². The first-order valence-corrected chi connectivity index (χ1v) is 10.0. The van der Waals surface area contributed by atoms with Gasteiger partial charge in [0, 0.05) is 11.5 Å². The van der Waals surface area contributed by atoms with E-state index in [0.717, 1.165) is 5.69 Å². The van der Waals surface area contributed by atoms with Crippen molar-refractivity contribution >= 4 is 29.2 Å². The molecule has 160 valence electrons. The number of aliphatic imine (C=N–C) groups is 1.